The van der Waals surface area contributed by atoms with Crippen molar-refractivity contribution in [1.29, 1.82) is 0 Å². The first-order valence-electron chi connectivity index (χ1n) is 10.8. The van der Waals surface area contributed by atoms with Crippen LogP contribution in [-0.4, -0.2) is 52.4 Å². The first-order valence-corrected chi connectivity index (χ1v) is 11.7. The number of nitrogens with one attached hydrogen (secondary N) is 1. The number of anilines is 1. The SMILES string of the molecule is C=C(S/C=C(\CC)C(=O)NC1CCN(c2nc(C)cn3cccc23)C1)N1CCCC1. The molecule has 2 aliphatic heterocycles. The van der Waals surface area contributed by atoms with Gasteiger partial charge in [0, 0.05) is 50.2 Å². The van der Waals surface area contributed by atoms with Gasteiger partial charge in [-0.2, -0.15) is 0 Å². The number of thioether (sulfide) groups is 1. The molecule has 2 saturated heterocycles. The molecule has 4 heterocycles. The average Bonchev–Trinajstić information content (AvgIpc) is 3.49. The number of amides is 1. The van der Waals surface area contributed by atoms with Gasteiger partial charge in [-0.1, -0.05) is 25.3 Å². The maximum atomic E-state index is 12.9. The second-order valence-electron chi connectivity index (χ2n) is 8.11. The van der Waals surface area contributed by atoms with E-state index in [9.17, 15) is 4.79 Å². The van der Waals surface area contributed by atoms with Crippen molar-refractivity contribution < 1.29 is 4.79 Å². The molecule has 7 heteroatoms. The predicted molar refractivity (Wildman–Crippen MR) is 125 cm³/mol. The Morgan fingerprint density at radius 2 is 2.17 bits per heavy atom. The van der Waals surface area contributed by atoms with Gasteiger partial charge in [-0.25, -0.2) is 4.98 Å². The molecule has 0 saturated carbocycles. The van der Waals surface area contributed by atoms with Crippen LogP contribution >= 0.6 is 11.8 Å². The van der Waals surface area contributed by atoms with Crippen LogP contribution in [0.5, 0.6) is 0 Å². The quantitative estimate of drug-likeness (QED) is 0.681. The molecule has 0 aliphatic carbocycles. The molecule has 0 bridgehead atoms. The van der Waals surface area contributed by atoms with Gasteiger partial charge in [0.15, 0.2) is 5.82 Å². The zero-order valence-electron chi connectivity index (χ0n) is 17.9. The van der Waals surface area contributed by atoms with Gasteiger partial charge in [0.05, 0.1) is 16.2 Å². The monoisotopic (exact) mass is 425 g/mol. The highest BCUT2D eigenvalue weighted by Gasteiger charge is 2.27. The molecular formula is C23H31N5OS. The number of hydrogen-bond donors (Lipinski definition) is 1. The third kappa shape index (κ3) is 4.51. The Morgan fingerprint density at radius 1 is 1.37 bits per heavy atom. The van der Waals surface area contributed by atoms with Crippen LogP contribution in [-0.2, 0) is 4.79 Å². The summed E-state index contributed by atoms with van der Waals surface area (Å²) in [5, 5.41) is 6.26. The third-order valence-electron chi connectivity index (χ3n) is 5.91. The highest BCUT2D eigenvalue weighted by molar-refractivity contribution is 8.05. The first kappa shape index (κ1) is 20.8. The minimum atomic E-state index is 0.0381. The third-order valence-corrected chi connectivity index (χ3v) is 6.84. The van der Waals surface area contributed by atoms with Gasteiger partial charge >= 0.3 is 0 Å². The molecule has 0 aromatic carbocycles. The molecule has 6 nitrogen and oxygen atoms in total. The molecule has 1 N–H and O–H groups in total. The van der Waals surface area contributed by atoms with E-state index >= 15 is 0 Å². The van der Waals surface area contributed by atoms with Gasteiger partial charge in [-0.3, -0.25) is 4.79 Å². The van der Waals surface area contributed by atoms with Crippen molar-refractivity contribution in [1.82, 2.24) is 19.6 Å². The topological polar surface area (TPSA) is 52.9 Å². The maximum absolute atomic E-state index is 12.9. The number of fused-ring (bicyclic) bond motifs is 1. The second kappa shape index (κ2) is 9.16. The molecule has 2 fully saturated rings. The predicted octanol–water partition coefficient (Wildman–Crippen LogP) is 3.93. The Morgan fingerprint density at radius 3 is 2.93 bits per heavy atom. The summed E-state index contributed by atoms with van der Waals surface area (Å²) in [6, 6.07) is 4.27. The van der Waals surface area contributed by atoms with Gasteiger partial charge in [-0.15, -0.1) is 0 Å². The summed E-state index contributed by atoms with van der Waals surface area (Å²) < 4.78 is 2.12. The lowest BCUT2D eigenvalue weighted by molar-refractivity contribution is -0.118. The molecule has 2 aliphatic rings. The number of aromatic nitrogens is 2. The zero-order valence-corrected chi connectivity index (χ0v) is 18.7. The first-order chi connectivity index (χ1) is 14.5. The highest BCUT2D eigenvalue weighted by atomic mass is 32.2. The summed E-state index contributed by atoms with van der Waals surface area (Å²) in [4.78, 5) is 22.2. The summed E-state index contributed by atoms with van der Waals surface area (Å²) in [5.41, 5.74) is 2.92. The van der Waals surface area contributed by atoms with Crippen LogP contribution in [0.15, 0.2) is 47.1 Å². The largest absolute Gasteiger partial charge is 0.367 e. The Balaban J connectivity index is 1.37. The summed E-state index contributed by atoms with van der Waals surface area (Å²) >= 11 is 1.58. The lowest BCUT2D eigenvalue weighted by Crippen LogP contribution is -2.38. The van der Waals surface area contributed by atoms with Crippen molar-refractivity contribution in [3.8, 4) is 0 Å². The minimum Gasteiger partial charge on any atom is -0.367 e. The van der Waals surface area contributed by atoms with E-state index < -0.39 is 0 Å². The van der Waals surface area contributed by atoms with Crippen LogP contribution in [0.2, 0.25) is 0 Å². The van der Waals surface area contributed by atoms with Crippen molar-refractivity contribution in [3.63, 3.8) is 0 Å². The van der Waals surface area contributed by atoms with Crippen LogP contribution in [0.1, 0.15) is 38.3 Å². The van der Waals surface area contributed by atoms with E-state index in [-0.39, 0.29) is 11.9 Å². The number of carbonyl (C=O) groups is 1. The normalized spacial score (nSPS) is 19.7. The van der Waals surface area contributed by atoms with E-state index in [0.717, 1.165) is 60.2 Å². The maximum Gasteiger partial charge on any atom is 0.247 e. The Labute approximate surface area is 183 Å². The number of nitrogens with zero attached hydrogens (tertiary/aromatic N) is 4. The number of aryl methyl sites for hydroxylation is 1. The zero-order chi connectivity index (χ0) is 21.1. The fourth-order valence-corrected chi connectivity index (χ4v) is 5.09. The molecule has 0 radical (unpaired) electrons. The van der Waals surface area contributed by atoms with E-state index in [1.807, 2.05) is 31.5 Å². The number of carbonyl (C=O) groups excluding carboxylic acids is 1. The molecule has 30 heavy (non-hydrogen) atoms. The summed E-state index contributed by atoms with van der Waals surface area (Å²) in [6.45, 7) is 12.1. The average molecular weight is 426 g/mol. The van der Waals surface area contributed by atoms with Crippen LogP contribution in [0, 0.1) is 6.92 Å². The fourth-order valence-electron chi connectivity index (χ4n) is 4.21. The Kier molecular flexibility index (Phi) is 6.37. The molecular weight excluding hydrogens is 394 g/mol. The highest BCUT2D eigenvalue weighted by Crippen LogP contribution is 2.27. The minimum absolute atomic E-state index is 0.0381. The van der Waals surface area contributed by atoms with Gasteiger partial charge < -0.3 is 19.5 Å². The lowest BCUT2D eigenvalue weighted by Gasteiger charge is -2.20. The van der Waals surface area contributed by atoms with Crippen molar-refractivity contribution >= 4 is 29.0 Å². The summed E-state index contributed by atoms with van der Waals surface area (Å²) in [6.07, 6.45) is 8.20. The van der Waals surface area contributed by atoms with Crippen LogP contribution < -0.4 is 10.2 Å². The van der Waals surface area contributed by atoms with Gasteiger partial charge in [0.25, 0.3) is 0 Å². The second-order valence-corrected chi connectivity index (χ2v) is 9.06. The van der Waals surface area contributed by atoms with E-state index in [4.69, 9.17) is 4.98 Å². The molecule has 0 spiro atoms. The molecule has 160 valence electrons. The molecule has 1 atom stereocenters. The van der Waals surface area contributed by atoms with E-state index in [1.54, 1.807) is 11.8 Å². The van der Waals surface area contributed by atoms with Gasteiger partial charge in [-0.05, 0) is 50.1 Å². The van der Waals surface area contributed by atoms with Gasteiger partial charge in [0.1, 0.15) is 0 Å². The smallest absolute Gasteiger partial charge is 0.247 e. The molecule has 4 rings (SSSR count). The van der Waals surface area contributed by atoms with E-state index in [2.05, 4.69) is 38.4 Å². The molecule has 1 unspecified atom stereocenters. The fraction of sp³-hybridized carbons (Fsp3) is 0.478. The van der Waals surface area contributed by atoms with Crippen LogP contribution in [0.4, 0.5) is 5.82 Å². The summed E-state index contributed by atoms with van der Waals surface area (Å²) in [7, 11) is 0. The molecule has 2 aromatic rings. The standard InChI is InChI=1S/C23H31N5OS/c1-4-19(16-30-18(3)26-10-5-6-11-26)23(29)25-20-9-13-28(15-20)22-21-8-7-12-27(21)14-17(2)24-22/h7-8,12,14,16,20H,3-6,9-11,13,15H2,1-2H3,(H,25,29)/b19-16+. The Bertz CT molecular complexity index is 960. The van der Waals surface area contributed by atoms with E-state index in [0.29, 0.717) is 6.42 Å². The lowest BCUT2D eigenvalue weighted by atomic mass is 10.2. The number of hydrogen-bond acceptors (Lipinski definition) is 5. The van der Waals surface area contributed by atoms with Gasteiger partial charge in [0.2, 0.25) is 5.91 Å². The van der Waals surface area contributed by atoms with Crippen LogP contribution in [0.3, 0.4) is 0 Å². The summed E-state index contributed by atoms with van der Waals surface area (Å²) in [5.74, 6) is 1.04. The molecule has 2 aromatic heterocycles. The van der Waals surface area contributed by atoms with Crippen molar-refractivity contribution in [2.45, 2.75) is 45.6 Å². The van der Waals surface area contributed by atoms with Crippen LogP contribution in [0.25, 0.3) is 5.52 Å². The van der Waals surface area contributed by atoms with Crippen molar-refractivity contribution in [2.24, 2.45) is 0 Å². The van der Waals surface area contributed by atoms with E-state index in [1.165, 1.54) is 12.8 Å². The number of likely N-dealkylation sites (tertiary alicyclic amines) is 1. The Hall–Kier alpha value is -2.41. The molecule has 1 amide bonds. The van der Waals surface area contributed by atoms with Crippen molar-refractivity contribution in [2.75, 3.05) is 31.1 Å². The number of rotatable bonds is 7. The van der Waals surface area contributed by atoms with Crippen molar-refractivity contribution in [3.05, 3.63) is 52.8 Å².